The van der Waals surface area contributed by atoms with Crippen LogP contribution in [0.4, 0.5) is 0 Å². The van der Waals surface area contributed by atoms with Crippen LogP contribution in [0.3, 0.4) is 0 Å². The lowest BCUT2D eigenvalue weighted by Gasteiger charge is -2.14. The molecule has 0 aliphatic rings. The Balaban J connectivity index is 1.61. The first kappa shape index (κ1) is 18.7. The van der Waals surface area contributed by atoms with Crippen LogP contribution in [0.2, 0.25) is 0 Å². The van der Waals surface area contributed by atoms with Crippen LogP contribution in [-0.4, -0.2) is 12.6 Å². The molecule has 3 heteroatoms. The molecule has 0 unspecified atom stereocenters. The van der Waals surface area contributed by atoms with Crippen molar-refractivity contribution < 1.29 is 14.3 Å². The molecule has 0 saturated heterocycles. The fraction of sp³-hybridized carbons (Fsp3) is 0.208. The zero-order valence-corrected chi connectivity index (χ0v) is 15.9. The Morgan fingerprint density at radius 1 is 0.889 bits per heavy atom. The van der Waals surface area contributed by atoms with Crippen LogP contribution in [0.25, 0.3) is 11.1 Å². The van der Waals surface area contributed by atoms with Gasteiger partial charge in [0.25, 0.3) is 0 Å². The Bertz CT molecular complexity index is 897. The lowest BCUT2D eigenvalue weighted by Crippen LogP contribution is -2.18. The highest BCUT2D eigenvalue weighted by Gasteiger charge is 2.13. The molecule has 3 aromatic carbocycles. The molecule has 0 heterocycles. The van der Waals surface area contributed by atoms with Crippen molar-refractivity contribution in [1.29, 1.82) is 0 Å². The minimum atomic E-state index is -0.408. The van der Waals surface area contributed by atoms with E-state index in [4.69, 9.17) is 9.47 Å². The maximum absolute atomic E-state index is 12.2. The average molecular weight is 360 g/mol. The molecule has 0 aromatic heterocycles. The van der Waals surface area contributed by atoms with Gasteiger partial charge in [0.1, 0.15) is 11.5 Å². The summed E-state index contributed by atoms with van der Waals surface area (Å²) in [5.74, 6) is 1.12. The molecule has 0 radical (unpaired) electrons. The van der Waals surface area contributed by atoms with Crippen molar-refractivity contribution in [3.63, 3.8) is 0 Å². The third-order valence-electron chi connectivity index (χ3n) is 4.33. The summed E-state index contributed by atoms with van der Waals surface area (Å²) in [5, 5.41) is 0. The molecule has 0 aliphatic heterocycles. The van der Waals surface area contributed by atoms with Gasteiger partial charge in [-0.3, -0.25) is 0 Å². The van der Waals surface area contributed by atoms with Crippen molar-refractivity contribution in [2.45, 2.75) is 26.7 Å². The molecular weight excluding hydrogens is 336 g/mol. The number of ether oxygens (including phenoxy) is 2. The van der Waals surface area contributed by atoms with E-state index in [2.05, 4.69) is 26.0 Å². The van der Waals surface area contributed by atoms with E-state index in [-0.39, 0.29) is 12.5 Å². The Labute approximate surface area is 160 Å². The third-order valence-corrected chi connectivity index (χ3v) is 4.33. The summed E-state index contributed by atoms with van der Waals surface area (Å²) >= 11 is 0. The second kappa shape index (κ2) is 8.54. The molecule has 0 fully saturated rings. The van der Waals surface area contributed by atoms with E-state index in [1.165, 1.54) is 0 Å². The van der Waals surface area contributed by atoms with Gasteiger partial charge in [0.2, 0.25) is 0 Å². The highest BCUT2D eigenvalue weighted by atomic mass is 16.6. The number of aryl methyl sites for hydroxylation is 1. The van der Waals surface area contributed by atoms with Gasteiger partial charge in [-0.15, -0.1) is 0 Å². The van der Waals surface area contributed by atoms with Gasteiger partial charge in [0.15, 0.2) is 6.61 Å². The van der Waals surface area contributed by atoms with Gasteiger partial charge >= 0.3 is 5.97 Å². The molecule has 0 bridgehead atoms. The van der Waals surface area contributed by atoms with Gasteiger partial charge in [-0.05, 0) is 53.3 Å². The van der Waals surface area contributed by atoms with Gasteiger partial charge in [-0.2, -0.15) is 0 Å². The number of carbonyl (C=O) groups excluding carboxylic acids is 1. The second-order valence-corrected chi connectivity index (χ2v) is 6.85. The topological polar surface area (TPSA) is 35.5 Å². The maximum Gasteiger partial charge on any atom is 0.349 e. The first-order chi connectivity index (χ1) is 13.0. The van der Waals surface area contributed by atoms with Gasteiger partial charge in [-0.25, -0.2) is 4.79 Å². The van der Waals surface area contributed by atoms with Crippen molar-refractivity contribution in [2.75, 3.05) is 6.61 Å². The van der Waals surface area contributed by atoms with E-state index in [0.29, 0.717) is 11.5 Å². The van der Waals surface area contributed by atoms with E-state index in [9.17, 15) is 4.79 Å². The fourth-order valence-electron chi connectivity index (χ4n) is 2.88. The number of esters is 1. The SMILES string of the molecule is Cc1ccc(C(C)C)c(OC(=O)COc2ccc(-c3ccccc3)cc2)c1. The van der Waals surface area contributed by atoms with Crippen LogP contribution < -0.4 is 9.47 Å². The number of hydrogen-bond acceptors (Lipinski definition) is 3. The second-order valence-electron chi connectivity index (χ2n) is 6.85. The summed E-state index contributed by atoms with van der Waals surface area (Å²) in [4.78, 5) is 12.2. The monoisotopic (exact) mass is 360 g/mol. The molecule has 27 heavy (non-hydrogen) atoms. The molecule has 0 atom stereocenters. The van der Waals surface area contributed by atoms with E-state index in [1.54, 1.807) is 0 Å². The fourth-order valence-corrected chi connectivity index (χ4v) is 2.88. The molecule has 3 rings (SSSR count). The zero-order chi connectivity index (χ0) is 19.2. The van der Waals surface area contributed by atoms with E-state index in [0.717, 1.165) is 22.3 Å². The molecule has 138 valence electrons. The quantitative estimate of drug-likeness (QED) is 0.413. The maximum atomic E-state index is 12.2. The predicted molar refractivity (Wildman–Crippen MR) is 108 cm³/mol. The molecule has 0 spiro atoms. The molecular formula is C24H24O3. The number of carbonyl (C=O) groups is 1. The van der Waals surface area contributed by atoms with Crippen LogP contribution in [-0.2, 0) is 4.79 Å². The van der Waals surface area contributed by atoms with Gasteiger partial charge in [-0.1, -0.05) is 68.4 Å². The van der Waals surface area contributed by atoms with Crippen molar-refractivity contribution in [2.24, 2.45) is 0 Å². The minimum absolute atomic E-state index is 0.129. The molecule has 0 amide bonds. The molecule has 3 nitrogen and oxygen atoms in total. The number of hydrogen-bond donors (Lipinski definition) is 0. The van der Waals surface area contributed by atoms with Crippen LogP contribution in [0.5, 0.6) is 11.5 Å². The van der Waals surface area contributed by atoms with Crippen molar-refractivity contribution in [3.8, 4) is 22.6 Å². The molecule has 3 aromatic rings. The lowest BCUT2D eigenvalue weighted by atomic mass is 10.0. The Morgan fingerprint density at radius 3 is 2.22 bits per heavy atom. The Kier molecular flexibility index (Phi) is 5.92. The van der Waals surface area contributed by atoms with Crippen LogP contribution in [0, 0.1) is 6.92 Å². The normalized spacial score (nSPS) is 10.7. The summed E-state index contributed by atoms with van der Waals surface area (Å²) in [6.45, 7) is 6.00. The molecule has 0 aliphatic carbocycles. The van der Waals surface area contributed by atoms with Crippen molar-refractivity contribution in [1.82, 2.24) is 0 Å². The Morgan fingerprint density at radius 2 is 1.56 bits per heavy atom. The average Bonchev–Trinajstić information content (AvgIpc) is 2.67. The summed E-state index contributed by atoms with van der Waals surface area (Å²) in [5.41, 5.74) is 4.32. The van der Waals surface area contributed by atoms with E-state index >= 15 is 0 Å². The van der Waals surface area contributed by atoms with Gasteiger partial charge < -0.3 is 9.47 Å². The molecule has 0 saturated carbocycles. The highest BCUT2D eigenvalue weighted by molar-refractivity contribution is 5.74. The predicted octanol–water partition coefficient (Wildman–Crippen LogP) is 5.77. The third kappa shape index (κ3) is 4.98. The summed E-state index contributed by atoms with van der Waals surface area (Å²) in [6.07, 6.45) is 0. The largest absolute Gasteiger partial charge is 0.482 e. The highest BCUT2D eigenvalue weighted by Crippen LogP contribution is 2.28. The Hall–Kier alpha value is -3.07. The van der Waals surface area contributed by atoms with Crippen molar-refractivity contribution in [3.05, 3.63) is 83.9 Å². The van der Waals surface area contributed by atoms with Gasteiger partial charge in [0, 0.05) is 0 Å². The summed E-state index contributed by atoms with van der Waals surface area (Å²) < 4.78 is 11.1. The standard InChI is InChI=1S/C24H24O3/c1-17(2)22-14-9-18(3)15-23(22)27-24(25)16-26-21-12-10-20(11-13-21)19-7-5-4-6-8-19/h4-15,17H,16H2,1-3H3. The lowest BCUT2D eigenvalue weighted by molar-refractivity contribution is -0.136. The van der Waals surface area contributed by atoms with Crippen LogP contribution >= 0.6 is 0 Å². The van der Waals surface area contributed by atoms with E-state index in [1.807, 2.05) is 67.6 Å². The number of benzene rings is 3. The smallest absolute Gasteiger partial charge is 0.349 e. The zero-order valence-electron chi connectivity index (χ0n) is 15.9. The first-order valence-electron chi connectivity index (χ1n) is 9.12. The number of rotatable bonds is 6. The van der Waals surface area contributed by atoms with Crippen LogP contribution in [0.15, 0.2) is 72.8 Å². The van der Waals surface area contributed by atoms with Crippen LogP contribution in [0.1, 0.15) is 30.9 Å². The van der Waals surface area contributed by atoms with Gasteiger partial charge in [0.05, 0.1) is 0 Å². The van der Waals surface area contributed by atoms with Crippen molar-refractivity contribution >= 4 is 5.97 Å². The first-order valence-corrected chi connectivity index (χ1v) is 9.12. The molecule has 0 N–H and O–H groups in total. The summed E-state index contributed by atoms with van der Waals surface area (Å²) in [6, 6.07) is 23.7. The minimum Gasteiger partial charge on any atom is -0.482 e. The van der Waals surface area contributed by atoms with E-state index < -0.39 is 5.97 Å². The summed E-state index contributed by atoms with van der Waals surface area (Å²) in [7, 11) is 0.